The van der Waals surface area contributed by atoms with Gasteiger partial charge in [-0.3, -0.25) is 4.57 Å². The average Bonchev–Trinajstić information content (AvgIpc) is 2.50. The fourth-order valence-electron chi connectivity index (χ4n) is 1.19. The van der Waals surface area contributed by atoms with Crippen molar-refractivity contribution in [3.8, 4) is 11.4 Å². The molecule has 2 rings (SSSR count). The molecule has 0 fully saturated rings. The summed E-state index contributed by atoms with van der Waals surface area (Å²) in [5, 5.41) is 7.78. The van der Waals surface area contributed by atoms with Crippen LogP contribution in [0.4, 0.5) is 5.95 Å². The maximum absolute atomic E-state index is 5.59. The zero-order valence-electron chi connectivity index (χ0n) is 7.61. The van der Waals surface area contributed by atoms with Crippen molar-refractivity contribution >= 4 is 21.9 Å². The average molecular weight is 253 g/mol. The number of rotatable bonds is 1. The lowest BCUT2D eigenvalue weighted by Crippen LogP contribution is -1.98. The second kappa shape index (κ2) is 3.42. The summed E-state index contributed by atoms with van der Waals surface area (Å²) >= 11 is 3.37. The number of aromatic nitrogens is 3. The van der Waals surface area contributed by atoms with Gasteiger partial charge in [0, 0.05) is 17.1 Å². The number of hydrogen-bond donors (Lipinski definition) is 1. The summed E-state index contributed by atoms with van der Waals surface area (Å²) in [6.45, 7) is 0. The zero-order valence-corrected chi connectivity index (χ0v) is 9.19. The van der Waals surface area contributed by atoms with Gasteiger partial charge in [-0.2, -0.15) is 0 Å². The van der Waals surface area contributed by atoms with Gasteiger partial charge in [0.1, 0.15) is 0 Å². The zero-order chi connectivity index (χ0) is 10.1. The molecule has 0 atom stereocenters. The molecule has 0 saturated carbocycles. The molecule has 0 aliphatic heterocycles. The molecule has 5 heteroatoms. The third kappa shape index (κ3) is 1.50. The molecule has 1 heterocycles. The van der Waals surface area contributed by atoms with E-state index in [4.69, 9.17) is 5.73 Å². The second-order valence-electron chi connectivity index (χ2n) is 2.95. The highest BCUT2D eigenvalue weighted by Crippen LogP contribution is 2.20. The van der Waals surface area contributed by atoms with Gasteiger partial charge < -0.3 is 5.73 Å². The maximum Gasteiger partial charge on any atom is 0.222 e. The standard InChI is InChI=1S/C9H9BrN4/c1-14-8(12-13-9(14)11)6-2-4-7(10)5-3-6/h2-5H,1H3,(H2,11,13). The SMILES string of the molecule is Cn1c(N)nnc1-c1ccc(Br)cc1. The lowest BCUT2D eigenvalue weighted by atomic mass is 10.2. The monoisotopic (exact) mass is 252 g/mol. The maximum atomic E-state index is 5.59. The topological polar surface area (TPSA) is 56.7 Å². The summed E-state index contributed by atoms with van der Waals surface area (Å²) in [5.74, 6) is 1.19. The first-order valence-electron chi connectivity index (χ1n) is 4.09. The van der Waals surface area contributed by atoms with Gasteiger partial charge in [0.05, 0.1) is 0 Å². The van der Waals surface area contributed by atoms with Crippen molar-refractivity contribution in [1.29, 1.82) is 0 Å². The van der Waals surface area contributed by atoms with E-state index in [0.717, 1.165) is 15.9 Å². The Hall–Kier alpha value is -1.36. The molecule has 14 heavy (non-hydrogen) atoms. The molecular weight excluding hydrogens is 244 g/mol. The molecule has 0 spiro atoms. The third-order valence-corrected chi connectivity index (χ3v) is 2.54. The van der Waals surface area contributed by atoms with Crippen LogP contribution in [-0.2, 0) is 7.05 Å². The van der Waals surface area contributed by atoms with Gasteiger partial charge in [0.15, 0.2) is 5.82 Å². The van der Waals surface area contributed by atoms with Crippen LogP contribution in [0.25, 0.3) is 11.4 Å². The second-order valence-corrected chi connectivity index (χ2v) is 3.86. The van der Waals surface area contributed by atoms with E-state index in [9.17, 15) is 0 Å². The number of halogens is 1. The van der Waals surface area contributed by atoms with Gasteiger partial charge in [0.2, 0.25) is 5.95 Å². The number of nitrogens with zero attached hydrogens (tertiary/aromatic N) is 3. The molecule has 4 nitrogen and oxygen atoms in total. The Morgan fingerprint density at radius 1 is 1.21 bits per heavy atom. The Kier molecular flexibility index (Phi) is 2.25. The first kappa shape index (κ1) is 9.21. The normalized spacial score (nSPS) is 10.4. The Morgan fingerprint density at radius 3 is 2.36 bits per heavy atom. The lowest BCUT2D eigenvalue weighted by Gasteiger charge is -2.00. The van der Waals surface area contributed by atoms with E-state index in [0.29, 0.717) is 5.95 Å². The summed E-state index contributed by atoms with van der Waals surface area (Å²) in [6, 6.07) is 7.85. The minimum atomic E-state index is 0.419. The van der Waals surface area contributed by atoms with Crippen molar-refractivity contribution in [1.82, 2.24) is 14.8 Å². The number of hydrogen-bond acceptors (Lipinski definition) is 3. The highest BCUT2D eigenvalue weighted by Gasteiger charge is 2.07. The summed E-state index contributed by atoms with van der Waals surface area (Å²) in [6.07, 6.45) is 0. The van der Waals surface area contributed by atoms with Gasteiger partial charge in [-0.05, 0) is 12.1 Å². The van der Waals surface area contributed by atoms with Crippen LogP contribution < -0.4 is 5.73 Å². The Morgan fingerprint density at radius 2 is 1.86 bits per heavy atom. The van der Waals surface area contributed by atoms with Crippen LogP contribution in [0.3, 0.4) is 0 Å². The fraction of sp³-hybridized carbons (Fsp3) is 0.111. The largest absolute Gasteiger partial charge is 0.368 e. The molecule has 2 N–H and O–H groups in total. The van der Waals surface area contributed by atoms with E-state index in [1.54, 1.807) is 4.57 Å². The van der Waals surface area contributed by atoms with E-state index in [-0.39, 0.29) is 0 Å². The minimum Gasteiger partial charge on any atom is -0.368 e. The predicted octanol–water partition coefficient (Wildman–Crippen LogP) is 1.83. The van der Waals surface area contributed by atoms with Crippen LogP contribution in [0, 0.1) is 0 Å². The van der Waals surface area contributed by atoms with E-state index >= 15 is 0 Å². The highest BCUT2D eigenvalue weighted by atomic mass is 79.9. The van der Waals surface area contributed by atoms with E-state index in [2.05, 4.69) is 26.1 Å². The molecule has 0 saturated heterocycles. The Balaban J connectivity index is 2.49. The number of benzene rings is 1. The molecule has 0 amide bonds. The summed E-state index contributed by atoms with van der Waals surface area (Å²) in [4.78, 5) is 0. The smallest absolute Gasteiger partial charge is 0.222 e. The van der Waals surface area contributed by atoms with Gasteiger partial charge in [-0.25, -0.2) is 0 Å². The van der Waals surface area contributed by atoms with Crippen LogP contribution in [0.1, 0.15) is 0 Å². The van der Waals surface area contributed by atoms with Gasteiger partial charge in [-0.1, -0.05) is 28.1 Å². The van der Waals surface area contributed by atoms with Gasteiger partial charge in [-0.15, -0.1) is 10.2 Å². The van der Waals surface area contributed by atoms with E-state index in [1.807, 2.05) is 31.3 Å². The Bertz CT molecular complexity index is 446. The number of anilines is 1. The van der Waals surface area contributed by atoms with Crippen molar-refractivity contribution in [2.45, 2.75) is 0 Å². The fourth-order valence-corrected chi connectivity index (χ4v) is 1.46. The summed E-state index contributed by atoms with van der Waals surface area (Å²) in [5.41, 5.74) is 6.59. The molecule has 1 aromatic heterocycles. The van der Waals surface area contributed by atoms with Gasteiger partial charge in [0.25, 0.3) is 0 Å². The lowest BCUT2D eigenvalue weighted by molar-refractivity contribution is 0.934. The van der Waals surface area contributed by atoms with Crippen LogP contribution in [-0.4, -0.2) is 14.8 Å². The molecule has 72 valence electrons. The molecule has 0 aliphatic rings. The number of nitrogen functional groups attached to an aromatic ring is 1. The van der Waals surface area contributed by atoms with Crippen molar-refractivity contribution in [2.24, 2.45) is 7.05 Å². The van der Waals surface area contributed by atoms with Crippen molar-refractivity contribution < 1.29 is 0 Å². The molecule has 0 bridgehead atoms. The first-order valence-corrected chi connectivity index (χ1v) is 4.88. The number of nitrogens with two attached hydrogens (primary N) is 1. The van der Waals surface area contributed by atoms with E-state index < -0.39 is 0 Å². The van der Waals surface area contributed by atoms with Crippen LogP contribution in [0.15, 0.2) is 28.7 Å². The molecular formula is C9H9BrN4. The van der Waals surface area contributed by atoms with E-state index in [1.165, 1.54) is 0 Å². The highest BCUT2D eigenvalue weighted by molar-refractivity contribution is 9.10. The first-order chi connectivity index (χ1) is 6.68. The molecule has 0 radical (unpaired) electrons. The van der Waals surface area contributed by atoms with Crippen LogP contribution >= 0.6 is 15.9 Å². The molecule has 0 unspecified atom stereocenters. The Labute approximate surface area is 89.9 Å². The van der Waals surface area contributed by atoms with Crippen molar-refractivity contribution in [3.05, 3.63) is 28.7 Å². The summed E-state index contributed by atoms with van der Waals surface area (Å²) in [7, 11) is 1.84. The van der Waals surface area contributed by atoms with Crippen molar-refractivity contribution in [2.75, 3.05) is 5.73 Å². The summed E-state index contributed by atoms with van der Waals surface area (Å²) < 4.78 is 2.79. The van der Waals surface area contributed by atoms with Crippen molar-refractivity contribution in [3.63, 3.8) is 0 Å². The third-order valence-electron chi connectivity index (χ3n) is 2.01. The molecule has 2 aromatic rings. The molecule has 0 aliphatic carbocycles. The van der Waals surface area contributed by atoms with Crippen LogP contribution in [0.5, 0.6) is 0 Å². The quantitative estimate of drug-likeness (QED) is 0.843. The molecule has 1 aromatic carbocycles. The van der Waals surface area contributed by atoms with Crippen LogP contribution in [0.2, 0.25) is 0 Å². The van der Waals surface area contributed by atoms with Gasteiger partial charge >= 0.3 is 0 Å². The predicted molar refractivity (Wildman–Crippen MR) is 58.6 cm³/mol. The minimum absolute atomic E-state index is 0.419.